The predicted molar refractivity (Wildman–Crippen MR) is 46.6 cm³/mol. The molecule has 0 saturated carbocycles. The van der Waals surface area contributed by atoms with Gasteiger partial charge in [0.25, 0.3) is 0 Å². The maximum atomic E-state index is 10.4. The zero-order chi connectivity index (χ0) is 10.6. The first-order chi connectivity index (χ1) is 5.73. The highest BCUT2D eigenvalue weighted by Gasteiger charge is 2.25. The van der Waals surface area contributed by atoms with Gasteiger partial charge in [-0.3, -0.25) is 14.5 Å². The summed E-state index contributed by atoms with van der Waals surface area (Å²) in [4.78, 5) is 22.2. The molecule has 0 radical (unpaired) electrons. The molecular weight excluding hydrogens is 174 g/mol. The Morgan fingerprint density at radius 2 is 1.38 bits per heavy atom. The third-order valence-corrected chi connectivity index (χ3v) is 1.60. The van der Waals surface area contributed by atoms with Crippen molar-refractivity contribution in [1.82, 2.24) is 4.90 Å². The Morgan fingerprint density at radius 3 is 1.54 bits per heavy atom. The third kappa shape index (κ3) is 5.19. The Morgan fingerprint density at radius 1 is 1.08 bits per heavy atom. The summed E-state index contributed by atoms with van der Waals surface area (Å²) in [6.45, 7) is 4.82. The number of rotatable bonds is 4. The van der Waals surface area contributed by atoms with Crippen molar-refractivity contribution >= 4 is 11.9 Å². The average molecular weight is 189 g/mol. The molecule has 0 saturated heterocycles. The van der Waals surface area contributed by atoms with E-state index < -0.39 is 17.5 Å². The Kier molecular flexibility index (Phi) is 3.87. The first kappa shape index (κ1) is 11.9. The quantitative estimate of drug-likeness (QED) is 0.663. The molecule has 0 fully saturated rings. The average Bonchev–Trinajstić information content (AvgIpc) is 1.81. The highest BCUT2D eigenvalue weighted by Crippen LogP contribution is 2.11. The van der Waals surface area contributed by atoms with Crippen LogP contribution in [0.2, 0.25) is 0 Å². The van der Waals surface area contributed by atoms with Gasteiger partial charge in [-0.25, -0.2) is 0 Å². The van der Waals surface area contributed by atoms with E-state index in [1.54, 1.807) is 20.8 Å². The van der Waals surface area contributed by atoms with Crippen LogP contribution in [0.3, 0.4) is 0 Å². The highest BCUT2D eigenvalue weighted by molar-refractivity contribution is 5.72. The molecular formula is C8H15NO4. The molecule has 76 valence electrons. The van der Waals surface area contributed by atoms with Gasteiger partial charge in [0.05, 0.1) is 13.1 Å². The van der Waals surface area contributed by atoms with Crippen LogP contribution in [0.25, 0.3) is 0 Å². The number of carboxylic acid groups (broad SMARTS) is 2. The van der Waals surface area contributed by atoms with Gasteiger partial charge in [-0.05, 0) is 20.8 Å². The molecule has 0 spiro atoms. The second-order valence-electron chi connectivity index (χ2n) is 3.81. The lowest BCUT2D eigenvalue weighted by atomic mass is 10.1. The summed E-state index contributed by atoms with van der Waals surface area (Å²) < 4.78 is 0. The van der Waals surface area contributed by atoms with Crippen LogP contribution in [-0.2, 0) is 9.59 Å². The van der Waals surface area contributed by atoms with Crippen LogP contribution in [0, 0.1) is 0 Å². The van der Waals surface area contributed by atoms with E-state index in [-0.39, 0.29) is 13.1 Å². The lowest BCUT2D eigenvalue weighted by Gasteiger charge is -2.32. The predicted octanol–water partition coefficient (Wildman–Crippen LogP) is 0.256. The van der Waals surface area contributed by atoms with E-state index in [0.717, 1.165) is 0 Å². The second kappa shape index (κ2) is 4.23. The maximum absolute atomic E-state index is 10.4. The van der Waals surface area contributed by atoms with Crippen molar-refractivity contribution in [2.75, 3.05) is 13.1 Å². The molecule has 0 amide bonds. The molecule has 0 rings (SSSR count). The summed E-state index contributed by atoms with van der Waals surface area (Å²) in [6.07, 6.45) is 0. The molecule has 0 heterocycles. The molecule has 0 atom stereocenters. The maximum Gasteiger partial charge on any atom is 0.317 e. The van der Waals surface area contributed by atoms with Gasteiger partial charge in [-0.15, -0.1) is 0 Å². The number of carbonyl (C=O) groups is 2. The lowest BCUT2D eigenvalue weighted by molar-refractivity contribution is -0.144. The molecule has 5 nitrogen and oxygen atoms in total. The van der Waals surface area contributed by atoms with E-state index in [1.807, 2.05) is 0 Å². The van der Waals surface area contributed by atoms with E-state index in [1.165, 1.54) is 4.90 Å². The van der Waals surface area contributed by atoms with E-state index in [0.29, 0.717) is 0 Å². The Bertz CT molecular complexity index is 191. The van der Waals surface area contributed by atoms with Gasteiger partial charge >= 0.3 is 11.9 Å². The summed E-state index contributed by atoms with van der Waals surface area (Å²) in [5.74, 6) is -2.03. The minimum absolute atomic E-state index is 0.254. The first-order valence-electron chi connectivity index (χ1n) is 3.92. The topological polar surface area (TPSA) is 77.8 Å². The summed E-state index contributed by atoms with van der Waals surface area (Å²) in [6, 6.07) is 0. The standard InChI is InChI=1S/C8H15NO4/c1-8(2,3)9(4-6(10)11)5-7(12)13/h4-5H2,1-3H3,(H,10,11)(H,12,13). The van der Waals surface area contributed by atoms with Gasteiger partial charge in [0, 0.05) is 5.54 Å². The van der Waals surface area contributed by atoms with Crippen LogP contribution < -0.4 is 0 Å². The van der Waals surface area contributed by atoms with Crippen LogP contribution in [0.15, 0.2) is 0 Å². The molecule has 0 bridgehead atoms. The van der Waals surface area contributed by atoms with Gasteiger partial charge in [-0.2, -0.15) is 0 Å². The molecule has 2 N–H and O–H groups in total. The van der Waals surface area contributed by atoms with Gasteiger partial charge in [0.1, 0.15) is 0 Å². The summed E-state index contributed by atoms with van der Waals surface area (Å²) in [5, 5.41) is 17.1. The zero-order valence-corrected chi connectivity index (χ0v) is 8.07. The van der Waals surface area contributed by atoms with Crippen LogP contribution in [0.1, 0.15) is 20.8 Å². The molecule has 0 aromatic rings. The van der Waals surface area contributed by atoms with Gasteiger partial charge < -0.3 is 10.2 Å². The van der Waals surface area contributed by atoms with Gasteiger partial charge in [-0.1, -0.05) is 0 Å². The molecule has 0 unspecified atom stereocenters. The fourth-order valence-corrected chi connectivity index (χ4v) is 0.857. The lowest BCUT2D eigenvalue weighted by Crippen LogP contribution is -2.47. The van der Waals surface area contributed by atoms with Crippen molar-refractivity contribution in [1.29, 1.82) is 0 Å². The molecule has 13 heavy (non-hydrogen) atoms. The molecule has 5 heteroatoms. The molecule has 0 aliphatic rings. The molecule has 0 aromatic carbocycles. The van der Waals surface area contributed by atoms with Crippen LogP contribution in [0.5, 0.6) is 0 Å². The minimum atomic E-state index is -1.02. The largest absolute Gasteiger partial charge is 0.480 e. The third-order valence-electron chi connectivity index (χ3n) is 1.60. The fourth-order valence-electron chi connectivity index (χ4n) is 0.857. The number of aliphatic carboxylic acids is 2. The van der Waals surface area contributed by atoms with Crippen LogP contribution in [0.4, 0.5) is 0 Å². The number of hydrogen-bond acceptors (Lipinski definition) is 3. The first-order valence-corrected chi connectivity index (χ1v) is 3.92. The normalized spacial score (nSPS) is 11.7. The zero-order valence-electron chi connectivity index (χ0n) is 8.07. The van der Waals surface area contributed by atoms with E-state index in [2.05, 4.69) is 0 Å². The summed E-state index contributed by atoms with van der Waals surface area (Å²) >= 11 is 0. The Balaban J connectivity index is 4.37. The van der Waals surface area contributed by atoms with Crippen molar-refractivity contribution in [3.63, 3.8) is 0 Å². The fraction of sp³-hybridized carbons (Fsp3) is 0.750. The van der Waals surface area contributed by atoms with E-state index >= 15 is 0 Å². The molecule has 0 aliphatic heterocycles. The Labute approximate surface area is 77.0 Å². The van der Waals surface area contributed by atoms with Crippen molar-refractivity contribution < 1.29 is 19.8 Å². The van der Waals surface area contributed by atoms with E-state index in [9.17, 15) is 9.59 Å². The monoisotopic (exact) mass is 189 g/mol. The van der Waals surface area contributed by atoms with Gasteiger partial charge in [0.2, 0.25) is 0 Å². The van der Waals surface area contributed by atoms with Crippen LogP contribution >= 0.6 is 0 Å². The number of nitrogens with zero attached hydrogens (tertiary/aromatic N) is 1. The number of hydrogen-bond donors (Lipinski definition) is 2. The van der Waals surface area contributed by atoms with Crippen molar-refractivity contribution in [3.05, 3.63) is 0 Å². The summed E-state index contributed by atoms with van der Waals surface area (Å²) in [7, 11) is 0. The van der Waals surface area contributed by atoms with Crippen molar-refractivity contribution in [3.8, 4) is 0 Å². The van der Waals surface area contributed by atoms with Crippen LogP contribution in [-0.4, -0.2) is 45.7 Å². The van der Waals surface area contributed by atoms with Gasteiger partial charge in [0.15, 0.2) is 0 Å². The molecule has 0 aliphatic carbocycles. The van der Waals surface area contributed by atoms with Crippen molar-refractivity contribution in [2.24, 2.45) is 0 Å². The highest BCUT2D eigenvalue weighted by atomic mass is 16.4. The second-order valence-corrected chi connectivity index (χ2v) is 3.81. The molecule has 0 aromatic heterocycles. The van der Waals surface area contributed by atoms with E-state index in [4.69, 9.17) is 10.2 Å². The minimum Gasteiger partial charge on any atom is -0.480 e. The number of carboxylic acids is 2. The smallest absolute Gasteiger partial charge is 0.317 e. The SMILES string of the molecule is CC(C)(C)N(CC(=O)O)CC(=O)O. The van der Waals surface area contributed by atoms with Crippen molar-refractivity contribution in [2.45, 2.75) is 26.3 Å². The summed E-state index contributed by atoms with van der Waals surface area (Å²) in [5.41, 5.74) is -0.448. The Hall–Kier alpha value is -1.10.